The van der Waals surface area contributed by atoms with Crippen molar-refractivity contribution in [2.45, 2.75) is 99.5 Å². The van der Waals surface area contributed by atoms with Crippen LogP contribution in [0.5, 0.6) is 0 Å². The summed E-state index contributed by atoms with van der Waals surface area (Å²) in [7, 11) is -4.67. The van der Waals surface area contributed by atoms with Gasteiger partial charge < -0.3 is 5.73 Å². The second kappa shape index (κ2) is 19.8. The molecule has 2 saturated heterocycles. The van der Waals surface area contributed by atoms with Gasteiger partial charge in [-0.3, -0.25) is 49.6 Å². The van der Waals surface area contributed by atoms with E-state index in [1.807, 2.05) is 52.8 Å². The third-order valence-corrected chi connectivity index (χ3v) is 7.55. The van der Waals surface area contributed by atoms with Gasteiger partial charge in [0.15, 0.2) is 0 Å². The maximum absolute atomic E-state index is 11.8. The van der Waals surface area contributed by atoms with Crippen LogP contribution in [-0.2, 0) is 36.0 Å². The highest BCUT2D eigenvalue weighted by Gasteiger charge is 2.49. The van der Waals surface area contributed by atoms with Crippen LogP contribution in [0.1, 0.15) is 92.6 Å². The molecule has 0 radical (unpaired) electrons. The predicted octanol–water partition coefficient (Wildman–Crippen LogP) is 3.29. The minimum atomic E-state index is -4.67. The molecule has 0 bridgehead atoms. The zero-order chi connectivity index (χ0) is 36.6. The fourth-order valence-electron chi connectivity index (χ4n) is 4.67. The Morgan fingerprint density at radius 3 is 1.19 bits per heavy atom. The molecule has 16 heteroatoms. The van der Waals surface area contributed by atoms with Crippen LogP contribution < -0.4 is 27.0 Å². The van der Waals surface area contributed by atoms with Gasteiger partial charge in [-0.1, -0.05) is 71.9 Å². The molecule has 1 aromatic carbocycles. The van der Waals surface area contributed by atoms with Gasteiger partial charge in [0.1, 0.15) is 10.8 Å². The maximum atomic E-state index is 11.8. The standard InChI is InChI=1S/2C11H18N2O3.C9H13N.H2O4S/c2*1-4-11(6-5-7(2)3)8(14)12-10(16)13-9(11)15;1-8(10)7-9-5-3-2-4-6-9;1-5(2,3)4/h2*7H,4-6H2,1-3H3,(H2,12,13,14,15,16);2-6,8H,7,10H2,1H3;(H2,1,2,3,4)/t;;8-;/m..0./s1. The Morgan fingerprint density at radius 1 is 0.660 bits per heavy atom. The number of hydrogen-bond donors (Lipinski definition) is 7. The Labute approximate surface area is 277 Å². The fraction of sp³-hybridized carbons (Fsp3) is 0.613. The summed E-state index contributed by atoms with van der Waals surface area (Å²) in [5, 5.41) is 8.66. The van der Waals surface area contributed by atoms with Gasteiger partial charge in [0, 0.05) is 6.04 Å². The highest BCUT2D eigenvalue weighted by Crippen LogP contribution is 2.33. The van der Waals surface area contributed by atoms with Crippen LogP contribution in [-0.4, -0.2) is 59.3 Å². The lowest BCUT2D eigenvalue weighted by Crippen LogP contribution is -2.62. The average molecular weight is 686 g/mol. The largest absolute Gasteiger partial charge is 0.394 e. The molecular formula is C31H51N5O10S. The molecule has 2 heterocycles. The average Bonchev–Trinajstić information content (AvgIpc) is 2.93. The van der Waals surface area contributed by atoms with Crippen molar-refractivity contribution in [1.82, 2.24) is 21.3 Å². The van der Waals surface area contributed by atoms with Crippen molar-refractivity contribution in [3.63, 3.8) is 0 Å². The van der Waals surface area contributed by atoms with Crippen LogP contribution in [0.3, 0.4) is 0 Å². The molecule has 0 spiro atoms. The van der Waals surface area contributed by atoms with E-state index in [-0.39, 0.29) is 6.04 Å². The number of nitrogens with one attached hydrogen (secondary N) is 4. The Balaban J connectivity index is 0.000000643. The van der Waals surface area contributed by atoms with Crippen molar-refractivity contribution in [3.05, 3.63) is 35.9 Å². The summed E-state index contributed by atoms with van der Waals surface area (Å²) < 4.78 is 31.6. The van der Waals surface area contributed by atoms with E-state index < -0.39 is 56.9 Å². The molecule has 8 N–H and O–H groups in total. The van der Waals surface area contributed by atoms with E-state index in [0.717, 1.165) is 19.3 Å². The third kappa shape index (κ3) is 15.6. The molecule has 2 aliphatic heterocycles. The minimum absolute atomic E-state index is 0.266. The molecule has 266 valence electrons. The third-order valence-electron chi connectivity index (χ3n) is 7.55. The van der Waals surface area contributed by atoms with Crippen LogP contribution in [0.15, 0.2) is 30.3 Å². The molecule has 0 aromatic heterocycles. The first-order valence-corrected chi connectivity index (χ1v) is 16.9. The number of carbonyl (C=O) groups is 6. The number of rotatable bonds is 10. The topological polar surface area (TPSA) is 251 Å². The van der Waals surface area contributed by atoms with Crippen LogP contribution in [0.4, 0.5) is 9.59 Å². The molecule has 8 amide bonds. The molecule has 1 aromatic rings. The fourth-order valence-corrected chi connectivity index (χ4v) is 4.67. The van der Waals surface area contributed by atoms with Gasteiger partial charge >= 0.3 is 22.5 Å². The summed E-state index contributed by atoms with van der Waals surface area (Å²) in [6.07, 6.45) is 4.31. The molecule has 0 saturated carbocycles. The summed E-state index contributed by atoms with van der Waals surface area (Å²) in [5.41, 5.74) is 4.80. The molecule has 3 rings (SSSR count). The smallest absolute Gasteiger partial charge is 0.328 e. The second-order valence-electron chi connectivity index (χ2n) is 12.3. The van der Waals surface area contributed by atoms with Crippen LogP contribution in [0.25, 0.3) is 0 Å². The van der Waals surface area contributed by atoms with Crippen LogP contribution >= 0.6 is 0 Å². The van der Waals surface area contributed by atoms with Crippen molar-refractivity contribution in [2.75, 3.05) is 0 Å². The predicted molar refractivity (Wildman–Crippen MR) is 175 cm³/mol. The van der Waals surface area contributed by atoms with Gasteiger partial charge in [0.05, 0.1) is 0 Å². The lowest BCUT2D eigenvalue weighted by molar-refractivity contribution is -0.147. The number of nitrogens with two attached hydrogens (primary N) is 1. The lowest BCUT2D eigenvalue weighted by Gasteiger charge is -2.33. The molecule has 0 unspecified atom stereocenters. The van der Waals surface area contributed by atoms with Gasteiger partial charge in [-0.15, -0.1) is 0 Å². The number of urea groups is 2. The normalized spacial score (nSPS) is 17.4. The first-order valence-electron chi connectivity index (χ1n) is 15.5. The summed E-state index contributed by atoms with van der Waals surface area (Å²) in [6.45, 7) is 13.7. The van der Waals surface area contributed by atoms with Gasteiger partial charge in [0.25, 0.3) is 0 Å². The van der Waals surface area contributed by atoms with E-state index in [2.05, 4.69) is 33.4 Å². The number of barbiturate groups is 2. The summed E-state index contributed by atoms with van der Waals surface area (Å²) in [5.74, 6) is -1.04. The summed E-state index contributed by atoms with van der Waals surface area (Å²) in [4.78, 5) is 69.1. The highest BCUT2D eigenvalue weighted by molar-refractivity contribution is 7.79. The van der Waals surface area contributed by atoms with E-state index in [4.69, 9.17) is 23.3 Å². The highest BCUT2D eigenvalue weighted by atomic mass is 32.3. The molecule has 2 fully saturated rings. The van der Waals surface area contributed by atoms with Crippen molar-refractivity contribution in [3.8, 4) is 0 Å². The van der Waals surface area contributed by atoms with E-state index in [0.29, 0.717) is 37.5 Å². The Bertz CT molecular complexity index is 1220. The number of amides is 8. The van der Waals surface area contributed by atoms with Gasteiger partial charge in [0.2, 0.25) is 23.6 Å². The maximum Gasteiger partial charge on any atom is 0.394 e. The van der Waals surface area contributed by atoms with Gasteiger partial charge in [-0.25, -0.2) is 9.59 Å². The van der Waals surface area contributed by atoms with E-state index in [1.54, 1.807) is 13.8 Å². The summed E-state index contributed by atoms with van der Waals surface area (Å²) in [6, 6.07) is 9.13. The minimum Gasteiger partial charge on any atom is -0.328 e. The van der Waals surface area contributed by atoms with Gasteiger partial charge in [-0.2, -0.15) is 8.42 Å². The number of carbonyl (C=O) groups excluding carboxylic acids is 6. The molecular weight excluding hydrogens is 634 g/mol. The molecule has 47 heavy (non-hydrogen) atoms. The molecule has 2 aliphatic rings. The second-order valence-corrected chi connectivity index (χ2v) is 13.2. The summed E-state index contributed by atoms with van der Waals surface area (Å²) >= 11 is 0. The SMILES string of the molecule is CCC1(CCC(C)C)C(=O)NC(=O)NC1=O.CCC1(CCC(C)C)C(=O)NC(=O)NC1=O.C[C@H](N)Cc1ccccc1.O=S(=O)(O)O. The van der Waals surface area contributed by atoms with Crippen LogP contribution in [0, 0.1) is 22.7 Å². The lowest BCUT2D eigenvalue weighted by atomic mass is 9.76. The van der Waals surface area contributed by atoms with Crippen molar-refractivity contribution in [1.29, 1.82) is 0 Å². The number of benzene rings is 1. The van der Waals surface area contributed by atoms with Crippen molar-refractivity contribution >= 4 is 46.1 Å². The molecule has 15 nitrogen and oxygen atoms in total. The zero-order valence-corrected chi connectivity index (χ0v) is 29.0. The first kappa shape index (κ1) is 43.3. The van der Waals surface area contributed by atoms with E-state index in [9.17, 15) is 28.8 Å². The van der Waals surface area contributed by atoms with Crippen LogP contribution in [0.2, 0.25) is 0 Å². The Morgan fingerprint density at radius 2 is 0.957 bits per heavy atom. The first-order chi connectivity index (χ1) is 21.6. The van der Waals surface area contributed by atoms with Gasteiger partial charge in [-0.05, 0) is 69.3 Å². The number of hydrogen-bond acceptors (Lipinski definition) is 9. The van der Waals surface area contributed by atoms with Crippen molar-refractivity contribution < 1.29 is 46.3 Å². The van der Waals surface area contributed by atoms with E-state index in [1.165, 1.54) is 5.56 Å². The Hall–Kier alpha value is -3.73. The van der Waals surface area contributed by atoms with Crippen molar-refractivity contribution in [2.24, 2.45) is 28.4 Å². The molecule has 1 atom stereocenters. The Kier molecular flexibility index (Phi) is 18.2. The molecule has 0 aliphatic carbocycles. The monoisotopic (exact) mass is 685 g/mol. The zero-order valence-electron chi connectivity index (χ0n) is 28.2. The van der Waals surface area contributed by atoms with E-state index >= 15 is 0 Å². The quantitative estimate of drug-likeness (QED) is 0.139. The number of imide groups is 4.